The fourth-order valence-corrected chi connectivity index (χ4v) is 4.19. The fraction of sp³-hybridized carbons (Fsp3) is 0.0625. The van der Waals surface area contributed by atoms with Gasteiger partial charge >= 0.3 is 0 Å². The van der Waals surface area contributed by atoms with Gasteiger partial charge in [0.05, 0.1) is 53.2 Å². The first kappa shape index (κ1) is 32.9. The molecule has 0 saturated carbocycles. The number of hydrogen-bond donors (Lipinski definition) is 2. The van der Waals surface area contributed by atoms with E-state index in [4.69, 9.17) is 23.8 Å². The number of aromatic nitrogens is 11. The van der Waals surface area contributed by atoms with Crippen molar-refractivity contribution in [3.8, 4) is 45.4 Å². The number of nitrogens with two attached hydrogens (primary N) is 2. The van der Waals surface area contributed by atoms with Crippen molar-refractivity contribution in [2.75, 3.05) is 7.05 Å². The number of rotatable bonds is 7. The normalized spacial score (nSPS) is 10.2. The van der Waals surface area contributed by atoms with Crippen LogP contribution in [0.4, 0.5) is 0 Å². The molecule has 48 heavy (non-hydrogen) atoms. The van der Waals surface area contributed by atoms with E-state index in [9.17, 15) is 4.79 Å². The molecule has 7 heterocycles. The first-order valence-electron chi connectivity index (χ1n) is 14.2. The van der Waals surface area contributed by atoms with Gasteiger partial charge < -0.3 is 5.73 Å². The molecular formula is C32H30N14OS. The Kier molecular flexibility index (Phi) is 10.7. The number of pyridine rings is 4. The van der Waals surface area contributed by atoms with E-state index >= 15 is 0 Å². The monoisotopic (exact) mass is 658 g/mol. The Morgan fingerprint density at radius 2 is 1.33 bits per heavy atom. The smallest absolute Gasteiger partial charge is 0.223 e. The predicted molar refractivity (Wildman–Crippen MR) is 183 cm³/mol. The van der Waals surface area contributed by atoms with Gasteiger partial charge in [0.25, 0.3) is 0 Å². The lowest BCUT2D eigenvalue weighted by molar-refractivity contribution is -0.117. The minimum Gasteiger partial charge on any atom is -0.388 e. The van der Waals surface area contributed by atoms with E-state index in [1.165, 1.54) is 7.05 Å². The van der Waals surface area contributed by atoms with Gasteiger partial charge in [-0.3, -0.25) is 24.5 Å². The molecule has 0 aromatic carbocycles. The highest BCUT2D eigenvalue weighted by molar-refractivity contribution is 7.80. The van der Waals surface area contributed by atoms with Gasteiger partial charge in [-0.05, 0) is 48.5 Å². The summed E-state index contributed by atoms with van der Waals surface area (Å²) < 4.78 is 5.18. The van der Waals surface area contributed by atoms with Crippen molar-refractivity contribution in [1.29, 1.82) is 0 Å². The molecule has 0 spiro atoms. The van der Waals surface area contributed by atoms with Crippen molar-refractivity contribution in [1.82, 2.24) is 59.3 Å². The minimum absolute atomic E-state index is 0.284. The second-order valence-corrected chi connectivity index (χ2v) is 10.4. The molecular weight excluding hydrogens is 629 g/mol. The van der Waals surface area contributed by atoms with Crippen LogP contribution in [-0.4, -0.2) is 77.7 Å². The fourth-order valence-electron chi connectivity index (χ4n) is 4.08. The third kappa shape index (κ3) is 8.59. The van der Waals surface area contributed by atoms with Gasteiger partial charge in [0.1, 0.15) is 17.0 Å². The lowest BCUT2D eigenvalue weighted by Crippen LogP contribution is -2.23. The third-order valence-electron chi connectivity index (χ3n) is 6.32. The first-order valence-corrected chi connectivity index (χ1v) is 14.6. The molecule has 0 fully saturated rings. The van der Waals surface area contributed by atoms with Gasteiger partial charge in [-0.2, -0.15) is 10.2 Å². The highest BCUT2D eigenvalue weighted by Crippen LogP contribution is 2.21. The summed E-state index contributed by atoms with van der Waals surface area (Å²) in [5, 5.41) is 13.9. The van der Waals surface area contributed by atoms with Crippen LogP contribution in [0.25, 0.3) is 45.4 Å². The predicted octanol–water partition coefficient (Wildman–Crippen LogP) is 3.04. The van der Waals surface area contributed by atoms with Crippen LogP contribution in [0, 0.1) is 0 Å². The maximum absolute atomic E-state index is 9.31. The zero-order valence-corrected chi connectivity index (χ0v) is 26.7. The van der Waals surface area contributed by atoms with Gasteiger partial charge in [0.15, 0.2) is 5.82 Å². The topological polar surface area (TPSA) is 190 Å². The number of carbonyl (C=O) groups is 1. The van der Waals surface area contributed by atoms with Gasteiger partial charge in [-0.1, -0.05) is 24.4 Å². The lowest BCUT2D eigenvalue weighted by Gasteiger charge is -2.01. The molecule has 7 aromatic rings. The molecule has 0 radical (unpaired) electrons. The Balaban J connectivity index is 0.000000166. The van der Waals surface area contributed by atoms with Crippen LogP contribution in [0.2, 0.25) is 0 Å². The standard InChI is InChI=1S/C16H13N7.C14H11N5S.C2H6N2O/c1-22-11-18-16(21-22)15-6-2-5-14(20-15)12-8-19-23(10-12)13-4-3-7-17-9-13;15-14(20)13-5-1-4-12(18-13)10-7-17-19(9-10)11-3-2-6-16-8-11;1-4(3)2-5/h2-11H,1H3;1-9H,(H2,15,20);2H,3H2,1H3. The van der Waals surface area contributed by atoms with Crippen LogP contribution in [-0.2, 0) is 11.8 Å². The van der Waals surface area contributed by atoms with E-state index in [1.807, 2.05) is 74.0 Å². The number of thiocarbonyl (C=S) groups is 1. The quantitative estimate of drug-likeness (QED) is 0.0838. The van der Waals surface area contributed by atoms with Crippen molar-refractivity contribution < 1.29 is 4.79 Å². The van der Waals surface area contributed by atoms with E-state index < -0.39 is 0 Å². The average Bonchev–Trinajstić information content (AvgIpc) is 3.92. The van der Waals surface area contributed by atoms with Crippen molar-refractivity contribution in [2.45, 2.75) is 0 Å². The van der Waals surface area contributed by atoms with Crippen LogP contribution >= 0.6 is 12.2 Å². The summed E-state index contributed by atoms with van der Waals surface area (Å²) in [5.74, 6) is 5.36. The molecule has 0 saturated heterocycles. The molecule has 0 aliphatic heterocycles. The molecule has 1 amide bonds. The summed E-state index contributed by atoms with van der Waals surface area (Å²) in [7, 11) is 3.30. The molecule has 0 unspecified atom stereocenters. The SMILES string of the molecule is CN(N)C=O.Cn1cnc(-c2cccc(-c3cnn(-c4cccnc4)c3)n2)n1.NC(=S)c1cccc(-c2cnn(-c3cccnc3)c2)n1. The van der Waals surface area contributed by atoms with Crippen molar-refractivity contribution in [3.63, 3.8) is 0 Å². The summed E-state index contributed by atoms with van der Waals surface area (Å²) in [6.07, 6.45) is 16.5. The number of aryl methyl sites for hydroxylation is 1. The molecule has 15 nitrogen and oxygen atoms in total. The summed E-state index contributed by atoms with van der Waals surface area (Å²) in [5.41, 5.74) is 12.2. The minimum atomic E-state index is 0.284. The molecule has 7 aromatic heterocycles. The van der Waals surface area contributed by atoms with E-state index in [0.29, 0.717) is 17.9 Å². The molecule has 240 valence electrons. The van der Waals surface area contributed by atoms with Crippen LogP contribution in [0.15, 0.2) is 117 Å². The Labute approximate surface area is 280 Å². The van der Waals surface area contributed by atoms with Gasteiger partial charge in [-0.15, -0.1) is 5.10 Å². The first-order chi connectivity index (χ1) is 23.3. The molecule has 4 N–H and O–H groups in total. The van der Waals surface area contributed by atoms with E-state index in [1.54, 1.807) is 63.6 Å². The molecule has 0 bridgehead atoms. The Bertz CT molecular complexity index is 2090. The summed E-state index contributed by atoms with van der Waals surface area (Å²) in [4.78, 5) is 31.0. The lowest BCUT2D eigenvalue weighted by atomic mass is 10.2. The third-order valence-corrected chi connectivity index (χ3v) is 6.53. The maximum atomic E-state index is 9.31. The second-order valence-electron chi connectivity index (χ2n) is 9.96. The molecule has 0 atom stereocenters. The van der Waals surface area contributed by atoms with Crippen LogP contribution in [0.5, 0.6) is 0 Å². The zero-order valence-electron chi connectivity index (χ0n) is 25.9. The van der Waals surface area contributed by atoms with Crippen LogP contribution in [0.1, 0.15) is 5.69 Å². The number of amides is 1. The van der Waals surface area contributed by atoms with Gasteiger partial charge in [0, 0.05) is 50.0 Å². The van der Waals surface area contributed by atoms with Gasteiger partial charge in [0.2, 0.25) is 6.41 Å². The summed E-state index contributed by atoms with van der Waals surface area (Å²) >= 11 is 4.94. The number of nitrogens with zero attached hydrogens (tertiary/aromatic N) is 12. The van der Waals surface area contributed by atoms with E-state index in [0.717, 1.165) is 44.6 Å². The second kappa shape index (κ2) is 15.7. The van der Waals surface area contributed by atoms with Crippen LogP contribution < -0.4 is 11.6 Å². The largest absolute Gasteiger partial charge is 0.388 e. The van der Waals surface area contributed by atoms with Crippen molar-refractivity contribution >= 4 is 23.6 Å². The Morgan fingerprint density at radius 1 is 0.792 bits per heavy atom. The van der Waals surface area contributed by atoms with Crippen molar-refractivity contribution in [2.24, 2.45) is 18.6 Å². The number of carbonyl (C=O) groups excluding carboxylic acids is 1. The zero-order chi connectivity index (χ0) is 33.9. The molecule has 0 aliphatic rings. The van der Waals surface area contributed by atoms with Crippen LogP contribution in [0.3, 0.4) is 0 Å². The average molecular weight is 659 g/mol. The summed E-state index contributed by atoms with van der Waals surface area (Å²) in [6.45, 7) is 0. The highest BCUT2D eigenvalue weighted by Gasteiger charge is 2.10. The maximum Gasteiger partial charge on any atom is 0.223 e. The van der Waals surface area contributed by atoms with E-state index in [2.05, 4.69) is 40.2 Å². The number of hydrogen-bond acceptors (Lipinski definition) is 11. The number of hydrazine groups is 1. The Hall–Kier alpha value is -6.52. The van der Waals surface area contributed by atoms with Gasteiger partial charge in [-0.25, -0.2) is 30.2 Å². The van der Waals surface area contributed by atoms with E-state index in [-0.39, 0.29) is 4.99 Å². The molecule has 7 rings (SSSR count). The highest BCUT2D eigenvalue weighted by atomic mass is 32.1. The summed E-state index contributed by atoms with van der Waals surface area (Å²) in [6, 6.07) is 19.0. The van der Waals surface area contributed by atoms with Crippen molar-refractivity contribution in [3.05, 3.63) is 122 Å². The Morgan fingerprint density at radius 3 is 1.81 bits per heavy atom. The molecule has 16 heteroatoms. The molecule has 0 aliphatic carbocycles.